The Morgan fingerprint density at radius 1 is 1.56 bits per heavy atom. The Morgan fingerprint density at radius 3 is 2.94 bits per heavy atom. The Morgan fingerprint density at radius 2 is 2.33 bits per heavy atom. The fourth-order valence-electron chi connectivity index (χ4n) is 2.16. The Kier molecular flexibility index (Phi) is 4.78. The zero-order valence-corrected chi connectivity index (χ0v) is 10.7. The summed E-state index contributed by atoms with van der Waals surface area (Å²) in [5.74, 6) is 0.823. The van der Waals surface area contributed by atoms with E-state index in [4.69, 9.17) is 9.15 Å². The summed E-state index contributed by atoms with van der Waals surface area (Å²) in [6, 6.07) is 3.67. The lowest BCUT2D eigenvalue weighted by molar-refractivity contribution is -0.123. The standard InChI is InChI=1S/C13H20N2O3/c1-17-11-4-6-15(7-5-11)10-13(16)14-9-12-3-2-8-18-12/h2-3,8,11H,4-7,9-10H2,1H3,(H,14,16). The molecule has 5 nitrogen and oxygen atoms in total. The lowest BCUT2D eigenvalue weighted by atomic mass is 10.1. The molecule has 0 atom stereocenters. The molecule has 0 spiro atoms. The minimum atomic E-state index is 0.0438. The van der Waals surface area contributed by atoms with Crippen molar-refractivity contribution in [3.05, 3.63) is 24.2 Å². The summed E-state index contributed by atoms with van der Waals surface area (Å²) >= 11 is 0. The van der Waals surface area contributed by atoms with Gasteiger partial charge in [-0.2, -0.15) is 0 Å². The third-order valence-electron chi connectivity index (χ3n) is 3.28. The van der Waals surface area contributed by atoms with E-state index in [2.05, 4.69) is 10.2 Å². The highest BCUT2D eigenvalue weighted by Crippen LogP contribution is 2.12. The molecule has 18 heavy (non-hydrogen) atoms. The van der Waals surface area contributed by atoms with Gasteiger partial charge in [-0.05, 0) is 25.0 Å². The van der Waals surface area contributed by atoms with Gasteiger partial charge in [0, 0.05) is 20.2 Å². The van der Waals surface area contributed by atoms with Gasteiger partial charge >= 0.3 is 0 Å². The molecule has 0 bridgehead atoms. The minimum Gasteiger partial charge on any atom is -0.467 e. The zero-order chi connectivity index (χ0) is 12.8. The number of ether oxygens (including phenoxy) is 1. The molecule has 1 N–H and O–H groups in total. The van der Waals surface area contributed by atoms with Gasteiger partial charge in [0.1, 0.15) is 5.76 Å². The molecule has 1 aromatic rings. The predicted octanol–water partition coefficient (Wildman–Crippen LogP) is 1.01. The fourth-order valence-corrected chi connectivity index (χ4v) is 2.16. The number of hydrogen-bond acceptors (Lipinski definition) is 4. The molecule has 1 amide bonds. The van der Waals surface area contributed by atoms with E-state index in [9.17, 15) is 4.79 Å². The average Bonchev–Trinajstić information content (AvgIpc) is 2.90. The number of nitrogens with one attached hydrogen (secondary N) is 1. The normalized spacial score (nSPS) is 17.8. The molecular formula is C13H20N2O3. The number of carbonyl (C=O) groups is 1. The van der Waals surface area contributed by atoms with Gasteiger partial charge in [-0.3, -0.25) is 9.69 Å². The molecule has 5 heteroatoms. The Labute approximate surface area is 107 Å². The fraction of sp³-hybridized carbons (Fsp3) is 0.615. The second-order valence-electron chi connectivity index (χ2n) is 4.57. The summed E-state index contributed by atoms with van der Waals surface area (Å²) in [5.41, 5.74) is 0. The lowest BCUT2D eigenvalue weighted by Crippen LogP contribution is -2.42. The molecule has 1 aromatic heterocycles. The molecule has 0 unspecified atom stereocenters. The second-order valence-corrected chi connectivity index (χ2v) is 4.57. The Hall–Kier alpha value is -1.33. The number of hydrogen-bond donors (Lipinski definition) is 1. The van der Waals surface area contributed by atoms with Crippen LogP contribution in [0.15, 0.2) is 22.8 Å². The maximum atomic E-state index is 11.7. The van der Waals surface area contributed by atoms with E-state index in [0.717, 1.165) is 31.7 Å². The molecule has 1 aliphatic heterocycles. The highest BCUT2D eigenvalue weighted by atomic mass is 16.5. The van der Waals surface area contributed by atoms with Gasteiger partial charge in [0.05, 0.1) is 25.5 Å². The van der Waals surface area contributed by atoms with Crippen LogP contribution in [0.4, 0.5) is 0 Å². The number of piperidine rings is 1. The molecule has 2 heterocycles. The minimum absolute atomic E-state index is 0.0438. The van der Waals surface area contributed by atoms with E-state index in [1.54, 1.807) is 13.4 Å². The van der Waals surface area contributed by atoms with Gasteiger partial charge < -0.3 is 14.5 Å². The van der Waals surface area contributed by atoms with Crippen molar-refractivity contribution in [2.75, 3.05) is 26.7 Å². The molecule has 1 fully saturated rings. The summed E-state index contributed by atoms with van der Waals surface area (Å²) < 4.78 is 10.5. The van der Waals surface area contributed by atoms with Crippen LogP contribution in [-0.2, 0) is 16.1 Å². The van der Waals surface area contributed by atoms with Crippen LogP contribution in [-0.4, -0.2) is 43.7 Å². The van der Waals surface area contributed by atoms with E-state index in [1.807, 2.05) is 12.1 Å². The van der Waals surface area contributed by atoms with Crippen molar-refractivity contribution in [2.24, 2.45) is 0 Å². The number of carbonyl (C=O) groups excluding carboxylic acids is 1. The number of furan rings is 1. The van der Waals surface area contributed by atoms with Gasteiger partial charge in [0.25, 0.3) is 0 Å². The van der Waals surface area contributed by atoms with Crippen LogP contribution in [0.2, 0.25) is 0 Å². The van der Waals surface area contributed by atoms with E-state index in [0.29, 0.717) is 19.2 Å². The highest BCUT2D eigenvalue weighted by molar-refractivity contribution is 5.77. The summed E-state index contributed by atoms with van der Waals surface area (Å²) in [5, 5.41) is 2.85. The van der Waals surface area contributed by atoms with Gasteiger partial charge in [-0.25, -0.2) is 0 Å². The first kappa shape index (κ1) is 13.1. The largest absolute Gasteiger partial charge is 0.467 e. The maximum Gasteiger partial charge on any atom is 0.234 e. The zero-order valence-electron chi connectivity index (χ0n) is 10.7. The molecule has 0 saturated carbocycles. The second kappa shape index (κ2) is 6.56. The van der Waals surface area contributed by atoms with Gasteiger partial charge in [-0.15, -0.1) is 0 Å². The van der Waals surface area contributed by atoms with E-state index in [-0.39, 0.29) is 5.91 Å². The summed E-state index contributed by atoms with van der Waals surface area (Å²) in [6.45, 7) is 2.76. The van der Waals surface area contributed by atoms with Gasteiger partial charge in [-0.1, -0.05) is 0 Å². The van der Waals surface area contributed by atoms with Crippen molar-refractivity contribution in [1.82, 2.24) is 10.2 Å². The van der Waals surface area contributed by atoms with Crippen LogP contribution in [0.25, 0.3) is 0 Å². The average molecular weight is 252 g/mol. The van der Waals surface area contributed by atoms with Crippen molar-refractivity contribution in [3.63, 3.8) is 0 Å². The SMILES string of the molecule is COC1CCN(CC(=O)NCc2ccco2)CC1. The van der Waals surface area contributed by atoms with Crippen molar-refractivity contribution < 1.29 is 13.9 Å². The van der Waals surface area contributed by atoms with E-state index in [1.165, 1.54) is 0 Å². The third kappa shape index (κ3) is 3.85. The first-order valence-electron chi connectivity index (χ1n) is 6.32. The Balaban J connectivity index is 1.65. The smallest absolute Gasteiger partial charge is 0.234 e. The Bertz CT molecular complexity index is 356. The first-order valence-corrected chi connectivity index (χ1v) is 6.32. The number of methoxy groups -OCH3 is 1. The molecule has 2 rings (SSSR count). The molecule has 0 aliphatic carbocycles. The van der Waals surface area contributed by atoms with Crippen molar-refractivity contribution in [3.8, 4) is 0 Å². The first-order chi connectivity index (χ1) is 8.78. The van der Waals surface area contributed by atoms with E-state index < -0.39 is 0 Å². The van der Waals surface area contributed by atoms with Crippen LogP contribution in [0, 0.1) is 0 Å². The van der Waals surface area contributed by atoms with Gasteiger partial charge in [0.15, 0.2) is 0 Å². The van der Waals surface area contributed by atoms with Gasteiger partial charge in [0.2, 0.25) is 5.91 Å². The molecule has 0 radical (unpaired) electrons. The molecule has 1 aliphatic rings. The lowest BCUT2D eigenvalue weighted by Gasteiger charge is -2.30. The topological polar surface area (TPSA) is 54.7 Å². The van der Waals surface area contributed by atoms with Crippen molar-refractivity contribution in [2.45, 2.75) is 25.5 Å². The van der Waals surface area contributed by atoms with Crippen LogP contribution in [0.1, 0.15) is 18.6 Å². The van der Waals surface area contributed by atoms with Crippen LogP contribution < -0.4 is 5.32 Å². The molecule has 1 saturated heterocycles. The summed E-state index contributed by atoms with van der Waals surface area (Å²) in [7, 11) is 1.75. The molecular weight excluding hydrogens is 232 g/mol. The maximum absolute atomic E-state index is 11.7. The van der Waals surface area contributed by atoms with Crippen LogP contribution >= 0.6 is 0 Å². The number of amides is 1. The predicted molar refractivity (Wildman–Crippen MR) is 67.0 cm³/mol. The third-order valence-corrected chi connectivity index (χ3v) is 3.28. The molecule has 100 valence electrons. The molecule has 0 aromatic carbocycles. The van der Waals surface area contributed by atoms with Crippen molar-refractivity contribution in [1.29, 1.82) is 0 Å². The van der Waals surface area contributed by atoms with Crippen LogP contribution in [0.5, 0.6) is 0 Å². The highest BCUT2D eigenvalue weighted by Gasteiger charge is 2.20. The quantitative estimate of drug-likeness (QED) is 0.849. The summed E-state index contributed by atoms with van der Waals surface area (Å²) in [4.78, 5) is 13.9. The summed E-state index contributed by atoms with van der Waals surface area (Å²) in [6.07, 6.45) is 3.97. The number of rotatable bonds is 5. The van der Waals surface area contributed by atoms with Crippen molar-refractivity contribution >= 4 is 5.91 Å². The number of nitrogens with zero attached hydrogens (tertiary/aromatic N) is 1. The van der Waals surface area contributed by atoms with E-state index >= 15 is 0 Å². The van der Waals surface area contributed by atoms with Crippen LogP contribution in [0.3, 0.4) is 0 Å². The number of likely N-dealkylation sites (tertiary alicyclic amines) is 1. The monoisotopic (exact) mass is 252 g/mol.